The van der Waals surface area contributed by atoms with Crippen molar-refractivity contribution in [3.8, 4) is 0 Å². The molecule has 4 nitrogen and oxygen atoms in total. The van der Waals surface area contributed by atoms with Crippen molar-refractivity contribution in [1.82, 2.24) is 5.32 Å². The van der Waals surface area contributed by atoms with Gasteiger partial charge in [-0.3, -0.25) is 4.79 Å². The molecule has 0 heterocycles. The molecule has 2 aromatic rings. The molecule has 2 N–H and O–H groups in total. The second-order valence-electron chi connectivity index (χ2n) is 4.46. The summed E-state index contributed by atoms with van der Waals surface area (Å²) in [5.74, 6) is -1.20. The Bertz CT molecular complexity index is 650. The Kier molecular flexibility index (Phi) is 4.15. The van der Waals surface area contributed by atoms with Crippen molar-refractivity contribution < 1.29 is 14.7 Å². The molecule has 0 aliphatic rings. The fourth-order valence-electron chi connectivity index (χ4n) is 1.98. The number of nitrogens with one attached hydrogen (secondary N) is 1. The fraction of sp³-hybridized carbons (Fsp3) is 0.125. The highest BCUT2D eigenvalue weighted by Crippen LogP contribution is 2.10. The van der Waals surface area contributed by atoms with Gasteiger partial charge in [0.1, 0.15) is 0 Å². The molecule has 0 radical (unpaired) electrons. The molecule has 2 aromatic carbocycles. The van der Waals surface area contributed by atoms with Gasteiger partial charge in [0.15, 0.2) is 0 Å². The summed E-state index contributed by atoms with van der Waals surface area (Å²) in [7, 11) is 0. The maximum atomic E-state index is 12.1. The zero-order valence-electron chi connectivity index (χ0n) is 11.1. The number of hydrogen-bond acceptors (Lipinski definition) is 2. The summed E-state index contributed by atoms with van der Waals surface area (Å²) >= 11 is 0. The van der Waals surface area contributed by atoms with E-state index >= 15 is 0 Å². The summed E-state index contributed by atoms with van der Waals surface area (Å²) in [5, 5.41) is 11.8. The van der Waals surface area contributed by atoms with Gasteiger partial charge in [0.05, 0.1) is 5.56 Å². The van der Waals surface area contributed by atoms with Gasteiger partial charge in [0.2, 0.25) is 0 Å². The van der Waals surface area contributed by atoms with Crippen LogP contribution in [0.1, 0.15) is 31.8 Å². The molecule has 2 rings (SSSR count). The average molecular weight is 269 g/mol. The smallest absolute Gasteiger partial charge is 0.336 e. The molecule has 0 unspecified atom stereocenters. The highest BCUT2D eigenvalue weighted by molar-refractivity contribution is 5.96. The van der Waals surface area contributed by atoms with Crippen molar-refractivity contribution in [2.75, 3.05) is 0 Å². The minimum atomic E-state index is -0.995. The van der Waals surface area contributed by atoms with Crippen LogP contribution in [-0.4, -0.2) is 17.0 Å². The third-order valence-electron chi connectivity index (χ3n) is 3.08. The van der Waals surface area contributed by atoms with Crippen molar-refractivity contribution >= 4 is 11.9 Å². The van der Waals surface area contributed by atoms with Crippen LogP contribution in [0.5, 0.6) is 0 Å². The Morgan fingerprint density at radius 2 is 1.60 bits per heavy atom. The monoisotopic (exact) mass is 269 g/mol. The number of hydrogen-bond donors (Lipinski definition) is 2. The van der Waals surface area contributed by atoms with Crippen molar-refractivity contribution in [3.63, 3.8) is 0 Å². The average Bonchev–Trinajstić information content (AvgIpc) is 2.45. The second kappa shape index (κ2) is 6.02. The van der Waals surface area contributed by atoms with E-state index in [1.54, 1.807) is 30.3 Å². The van der Waals surface area contributed by atoms with E-state index in [9.17, 15) is 9.59 Å². The van der Waals surface area contributed by atoms with E-state index in [2.05, 4.69) is 5.32 Å². The first-order valence-corrected chi connectivity index (χ1v) is 6.24. The molecule has 4 heteroatoms. The van der Waals surface area contributed by atoms with Crippen LogP contribution in [-0.2, 0) is 6.54 Å². The molecular formula is C16H15NO3. The molecule has 0 bridgehead atoms. The number of aryl methyl sites for hydroxylation is 1. The predicted molar refractivity (Wildman–Crippen MR) is 75.8 cm³/mol. The van der Waals surface area contributed by atoms with Crippen LogP contribution >= 0.6 is 0 Å². The summed E-state index contributed by atoms with van der Waals surface area (Å²) in [6.07, 6.45) is 0. The predicted octanol–water partition coefficient (Wildman–Crippen LogP) is 2.62. The molecule has 0 aliphatic carbocycles. The Morgan fingerprint density at radius 3 is 2.25 bits per heavy atom. The molecule has 20 heavy (non-hydrogen) atoms. The standard InChI is InChI=1S/C16H15NO3/c1-11-6-2-4-8-13(11)15(18)17-10-12-7-3-5-9-14(12)16(19)20/h2-9H,10H2,1H3,(H,17,18)(H,19,20). The van der Waals surface area contributed by atoms with Crippen LogP contribution in [0.3, 0.4) is 0 Å². The molecule has 0 atom stereocenters. The summed E-state index contributed by atoms with van der Waals surface area (Å²) in [5.41, 5.74) is 2.27. The molecule has 0 saturated heterocycles. The summed E-state index contributed by atoms with van der Waals surface area (Å²) < 4.78 is 0. The van der Waals surface area contributed by atoms with Crippen LogP contribution in [0.25, 0.3) is 0 Å². The first-order valence-electron chi connectivity index (χ1n) is 6.24. The number of carbonyl (C=O) groups is 2. The van der Waals surface area contributed by atoms with Gasteiger partial charge in [-0.2, -0.15) is 0 Å². The molecule has 0 fully saturated rings. The van der Waals surface area contributed by atoms with Crippen LogP contribution in [0, 0.1) is 6.92 Å². The van der Waals surface area contributed by atoms with Gasteiger partial charge < -0.3 is 10.4 Å². The topological polar surface area (TPSA) is 66.4 Å². The maximum absolute atomic E-state index is 12.1. The van der Waals surface area contributed by atoms with E-state index < -0.39 is 5.97 Å². The number of benzene rings is 2. The van der Waals surface area contributed by atoms with Gasteiger partial charge in [0, 0.05) is 12.1 Å². The maximum Gasteiger partial charge on any atom is 0.336 e. The third kappa shape index (κ3) is 3.03. The highest BCUT2D eigenvalue weighted by atomic mass is 16.4. The SMILES string of the molecule is Cc1ccccc1C(=O)NCc1ccccc1C(=O)O. The van der Waals surface area contributed by atoms with Crippen LogP contribution < -0.4 is 5.32 Å². The fourth-order valence-corrected chi connectivity index (χ4v) is 1.98. The number of carboxylic acid groups (broad SMARTS) is 1. The number of carbonyl (C=O) groups excluding carboxylic acids is 1. The summed E-state index contributed by atoms with van der Waals surface area (Å²) in [4.78, 5) is 23.1. The van der Waals surface area contributed by atoms with Gasteiger partial charge in [0.25, 0.3) is 5.91 Å². The van der Waals surface area contributed by atoms with E-state index in [1.807, 2.05) is 19.1 Å². The van der Waals surface area contributed by atoms with E-state index in [0.717, 1.165) is 5.56 Å². The first-order chi connectivity index (χ1) is 9.59. The van der Waals surface area contributed by atoms with E-state index in [0.29, 0.717) is 11.1 Å². The van der Waals surface area contributed by atoms with E-state index in [-0.39, 0.29) is 18.0 Å². The van der Waals surface area contributed by atoms with Crippen LogP contribution in [0.15, 0.2) is 48.5 Å². The van der Waals surface area contributed by atoms with Crippen LogP contribution in [0.2, 0.25) is 0 Å². The zero-order valence-corrected chi connectivity index (χ0v) is 11.1. The molecule has 102 valence electrons. The van der Waals surface area contributed by atoms with Crippen molar-refractivity contribution in [2.24, 2.45) is 0 Å². The third-order valence-corrected chi connectivity index (χ3v) is 3.08. The molecule has 1 amide bonds. The lowest BCUT2D eigenvalue weighted by Crippen LogP contribution is -2.24. The van der Waals surface area contributed by atoms with E-state index in [4.69, 9.17) is 5.11 Å². The molecule has 0 aliphatic heterocycles. The zero-order chi connectivity index (χ0) is 14.5. The number of carboxylic acids is 1. The Morgan fingerprint density at radius 1 is 1.00 bits per heavy atom. The lowest BCUT2D eigenvalue weighted by molar-refractivity contribution is 0.0694. The van der Waals surface area contributed by atoms with Gasteiger partial charge in [-0.1, -0.05) is 36.4 Å². The van der Waals surface area contributed by atoms with Crippen LogP contribution in [0.4, 0.5) is 0 Å². The quantitative estimate of drug-likeness (QED) is 0.896. The van der Waals surface area contributed by atoms with E-state index in [1.165, 1.54) is 6.07 Å². The second-order valence-corrected chi connectivity index (χ2v) is 4.46. The Hall–Kier alpha value is -2.62. The lowest BCUT2D eigenvalue weighted by atomic mass is 10.1. The minimum absolute atomic E-state index is 0.190. The van der Waals surface area contributed by atoms with Gasteiger partial charge in [-0.15, -0.1) is 0 Å². The summed E-state index contributed by atoms with van der Waals surface area (Å²) in [6, 6.07) is 13.9. The molecule has 0 spiro atoms. The van der Waals surface area contributed by atoms with Crippen molar-refractivity contribution in [1.29, 1.82) is 0 Å². The van der Waals surface area contributed by atoms with Crippen molar-refractivity contribution in [3.05, 3.63) is 70.8 Å². The number of amides is 1. The Balaban J connectivity index is 2.12. The Labute approximate surface area is 117 Å². The largest absolute Gasteiger partial charge is 0.478 e. The van der Waals surface area contributed by atoms with Crippen molar-refractivity contribution in [2.45, 2.75) is 13.5 Å². The normalized spacial score (nSPS) is 10.1. The molecule has 0 saturated carbocycles. The lowest BCUT2D eigenvalue weighted by Gasteiger charge is -2.09. The van der Waals surface area contributed by atoms with Gasteiger partial charge in [-0.25, -0.2) is 4.79 Å². The summed E-state index contributed by atoms with van der Waals surface area (Å²) in [6.45, 7) is 2.05. The minimum Gasteiger partial charge on any atom is -0.478 e. The molecular weight excluding hydrogens is 254 g/mol. The van der Waals surface area contributed by atoms with Gasteiger partial charge in [-0.05, 0) is 30.2 Å². The number of rotatable bonds is 4. The molecule has 0 aromatic heterocycles. The highest BCUT2D eigenvalue weighted by Gasteiger charge is 2.11. The first kappa shape index (κ1) is 13.8. The van der Waals surface area contributed by atoms with Gasteiger partial charge >= 0.3 is 5.97 Å². The number of aromatic carboxylic acids is 1.